The van der Waals surface area contributed by atoms with Crippen LogP contribution in [0.25, 0.3) is 0 Å². The molecule has 1 saturated heterocycles. The molecule has 37 heavy (non-hydrogen) atoms. The van der Waals surface area contributed by atoms with Gasteiger partial charge in [0.05, 0.1) is 5.56 Å². The Hall–Kier alpha value is -3.50. The van der Waals surface area contributed by atoms with Gasteiger partial charge in [-0.15, -0.1) is 6.58 Å². The minimum atomic E-state index is -1.26. The fourth-order valence-corrected chi connectivity index (χ4v) is 3.91. The van der Waals surface area contributed by atoms with Crippen LogP contribution in [0.15, 0.2) is 55.1 Å². The summed E-state index contributed by atoms with van der Waals surface area (Å²) in [6.45, 7) is 3.25. The van der Waals surface area contributed by atoms with Crippen molar-refractivity contribution in [2.45, 2.75) is 69.2 Å². The highest BCUT2D eigenvalue weighted by atomic mass is 16.7. The summed E-state index contributed by atoms with van der Waals surface area (Å²) >= 11 is 0. The summed E-state index contributed by atoms with van der Waals surface area (Å²) in [6.07, 6.45) is 0.538. The van der Waals surface area contributed by atoms with Crippen LogP contribution in [-0.4, -0.2) is 68.3 Å². The minimum Gasteiger partial charge on any atom is -0.459 e. The van der Waals surface area contributed by atoms with Gasteiger partial charge in [-0.1, -0.05) is 36.4 Å². The number of rotatable bonds is 8. The molecule has 10 nitrogen and oxygen atoms in total. The van der Waals surface area contributed by atoms with Gasteiger partial charge in [-0.05, 0) is 31.4 Å². The molecule has 0 spiro atoms. The number of hydrogen-bond acceptors (Lipinski definition) is 10. The molecular weight excluding hydrogens is 484 g/mol. The van der Waals surface area contributed by atoms with Gasteiger partial charge in [0.15, 0.2) is 24.6 Å². The van der Waals surface area contributed by atoms with Gasteiger partial charge in [-0.3, -0.25) is 14.4 Å². The smallest absolute Gasteiger partial charge is 0.338 e. The molecule has 1 fully saturated rings. The van der Waals surface area contributed by atoms with E-state index >= 15 is 0 Å². The Morgan fingerprint density at radius 1 is 1.03 bits per heavy atom. The third kappa shape index (κ3) is 8.26. The predicted molar refractivity (Wildman–Crippen MR) is 129 cm³/mol. The van der Waals surface area contributed by atoms with E-state index in [9.17, 15) is 19.2 Å². The molecule has 0 radical (unpaired) electrons. The normalized spacial score (nSPS) is 26.4. The number of benzene rings is 1. The van der Waals surface area contributed by atoms with Gasteiger partial charge in [0, 0.05) is 26.4 Å². The third-order valence-corrected chi connectivity index (χ3v) is 5.76. The number of allylic oxidation sites excluding steroid dienone is 3. The van der Waals surface area contributed by atoms with Gasteiger partial charge in [0.1, 0.15) is 12.7 Å². The highest BCUT2D eigenvalue weighted by Crippen LogP contribution is 2.30. The van der Waals surface area contributed by atoms with Crippen molar-refractivity contribution in [2.75, 3.05) is 13.7 Å². The van der Waals surface area contributed by atoms with E-state index in [-0.39, 0.29) is 25.9 Å². The zero-order valence-electron chi connectivity index (χ0n) is 20.7. The molecule has 5 atom stereocenters. The van der Waals surface area contributed by atoms with Crippen LogP contribution in [0, 0.1) is 0 Å². The van der Waals surface area contributed by atoms with Crippen LogP contribution in [0.3, 0.4) is 0 Å². The summed E-state index contributed by atoms with van der Waals surface area (Å²) in [5.41, 5.74) is 0.318. The molecule has 0 aromatic heterocycles. The summed E-state index contributed by atoms with van der Waals surface area (Å²) in [4.78, 5) is 50.4. The minimum absolute atomic E-state index is 0.0140. The van der Waals surface area contributed by atoms with Crippen LogP contribution < -0.4 is 0 Å². The molecule has 2 heterocycles. The molecule has 2 aliphatic heterocycles. The van der Waals surface area contributed by atoms with Gasteiger partial charge >= 0.3 is 23.9 Å². The molecule has 0 aliphatic carbocycles. The summed E-state index contributed by atoms with van der Waals surface area (Å²) in [5, 5.41) is 0. The standard InChI is InChI=1S/C27H32O10/c1-3-4-14-20(28)35-23-19(17-33-26(31)18-12-8-7-9-13-18)34-27(32-2)25-24(23)36-21(29)15-10-5-6-11-16-22(30)37-25/h3,5-9,12-13,19,23-25,27H,1,4,10-11,14-17H2,2H3/t19-,23-,24+,25+,27+/m1/s1. The lowest BCUT2D eigenvalue weighted by atomic mass is 9.97. The van der Waals surface area contributed by atoms with Crippen LogP contribution in [0.2, 0.25) is 0 Å². The largest absolute Gasteiger partial charge is 0.459 e. The molecule has 3 rings (SSSR count). The summed E-state index contributed by atoms with van der Waals surface area (Å²) < 4.78 is 33.8. The molecule has 0 amide bonds. The first-order valence-electron chi connectivity index (χ1n) is 12.2. The van der Waals surface area contributed by atoms with Gasteiger partial charge in [0.25, 0.3) is 0 Å². The van der Waals surface area contributed by atoms with Crippen LogP contribution in [0.5, 0.6) is 0 Å². The summed E-state index contributed by atoms with van der Waals surface area (Å²) in [6, 6.07) is 8.33. The van der Waals surface area contributed by atoms with Crippen LogP contribution in [-0.2, 0) is 42.8 Å². The van der Waals surface area contributed by atoms with Crippen molar-refractivity contribution in [3.8, 4) is 0 Å². The van der Waals surface area contributed by atoms with E-state index in [0.29, 0.717) is 24.8 Å². The van der Waals surface area contributed by atoms with Crippen molar-refractivity contribution in [3.05, 3.63) is 60.7 Å². The number of ether oxygens (including phenoxy) is 6. The van der Waals surface area contributed by atoms with E-state index in [2.05, 4.69) is 6.58 Å². The Morgan fingerprint density at radius 2 is 1.68 bits per heavy atom. The first-order valence-corrected chi connectivity index (χ1v) is 12.2. The number of carbonyl (C=O) groups excluding carboxylic acids is 4. The Kier molecular flexibility index (Phi) is 10.8. The van der Waals surface area contributed by atoms with Gasteiger partial charge < -0.3 is 28.4 Å². The van der Waals surface area contributed by atoms with E-state index in [4.69, 9.17) is 28.4 Å². The Bertz CT molecular complexity index is 973. The number of hydrogen-bond donors (Lipinski definition) is 0. The van der Waals surface area contributed by atoms with E-state index in [1.165, 1.54) is 7.11 Å². The molecule has 1 aromatic carbocycles. The van der Waals surface area contributed by atoms with E-state index in [0.717, 1.165) is 0 Å². The number of fused-ring (bicyclic) bond motifs is 1. The average Bonchev–Trinajstić information content (AvgIpc) is 2.90. The molecule has 10 heteroatoms. The van der Waals surface area contributed by atoms with Crippen molar-refractivity contribution in [2.24, 2.45) is 0 Å². The topological polar surface area (TPSA) is 124 Å². The predicted octanol–water partition coefficient (Wildman–Crippen LogP) is 3.05. The first-order chi connectivity index (χ1) is 17.9. The molecule has 1 aromatic rings. The second-order valence-electron chi connectivity index (χ2n) is 8.48. The maximum absolute atomic E-state index is 12.7. The average molecular weight is 517 g/mol. The van der Waals surface area contributed by atoms with Gasteiger partial charge in [-0.2, -0.15) is 0 Å². The van der Waals surface area contributed by atoms with Crippen LogP contribution in [0.1, 0.15) is 48.9 Å². The fourth-order valence-electron chi connectivity index (χ4n) is 3.91. The first kappa shape index (κ1) is 28.1. The molecule has 0 N–H and O–H groups in total. The maximum atomic E-state index is 12.7. The highest BCUT2D eigenvalue weighted by molar-refractivity contribution is 5.89. The maximum Gasteiger partial charge on any atom is 0.338 e. The molecule has 2 aliphatic rings. The lowest BCUT2D eigenvalue weighted by Crippen LogP contribution is -2.63. The van der Waals surface area contributed by atoms with Crippen molar-refractivity contribution in [3.63, 3.8) is 0 Å². The Balaban J connectivity index is 1.89. The van der Waals surface area contributed by atoms with E-state index in [1.807, 2.05) is 0 Å². The fraction of sp³-hybridized carbons (Fsp3) is 0.481. The van der Waals surface area contributed by atoms with Crippen molar-refractivity contribution in [1.29, 1.82) is 0 Å². The summed E-state index contributed by atoms with van der Waals surface area (Å²) in [5.74, 6) is -2.38. The van der Waals surface area contributed by atoms with Crippen molar-refractivity contribution >= 4 is 23.9 Å². The molecule has 0 unspecified atom stereocenters. The lowest BCUT2D eigenvalue weighted by Gasteiger charge is -2.44. The molecule has 0 bridgehead atoms. The SMILES string of the molecule is C=CCCC(=O)O[C@H]1[C@@H]2OC(=O)CCC=CCCC(=O)O[C@@H]2[C@@H](OC)O[C@@H]1COC(=O)c1ccccc1. The number of esters is 4. The van der Waals surface area contributed by atoms with Crippen LogP contribution in [0.4, 0.5) is 0 Å². The molecule has 0 saturated carbocycles. The summed E-state index contributed by atoms with van der Waals surface area (Å²) in [7, 11) is 1.33. The number of carbonyl (C=O) groups is 4. The molecule has 200 valence electrons. The van der Waals surface area contributed by atoms with Crippen molar-refractivity contribution < 1.29 is 47.6 Å². The van der Waals surface area contributed by atoms with E-state index in [1.54, 1.807) is 48.6 Å². The van der Waals surface area contributed by atoms with Crippen molar-refractivity contribution in [1.82, 2.24) is 0 Å². The third-order valence-electron chi connectivity index (χ3n) is 5.76. The monoisotopic (exact) mass is 516 g/mol. The Labute approximate surface area is 215 Å². The second kappa shape index (κ2) is 14.3. The zero-order chi connectivity index (χ0) is 26.6. The number of methoxy groups -OCH3 is 1. The second-order valence-corrected chi connectivity index (χ2v) is 8.48. The van der Waals surface area contributed by atoms with Gasteiger partial charge in [0.2, 0.25) is 0 Å². The lowest BCUT2D eigenvalue weighted by molar-refractivity contribution is -0.302. The highest BCUT2D eigenvalue weighted by Gasteiger charge is 2.53. The van der Waals surface area contributed by atoms with Gasteiger partial charge in [-0.25, -0.2) is 4.79 Å². The molecular formula is C27H32O10. The quantitative estimate of drug-likeness (QED) is 0.289. The van der Waals surface area contributed by atoms with Crippen LogP contribution >= 0.6 is 0 Å². The van der Waals surface area contributed by atoms with E-state index < -0.39 is 54.6 Å². The Morgan fingerprint density at radius 3 is 2.30 bits per heavy atom. The zero-order valence-corrected chi connectivity index (χ0v) is 20.7.